The van der Waals surface area contributed by atoms with Gasteiger partial charge in [-0.25, -0.2) is 8.78 Å². The van der Waals surface area contributed by atoms with E-state index in [1.807, 2.05) is 0 Å². The zero-order valence-electron chi connectivity index (χ0n) is 7.17. The molecular weight excluding hydrogens is 176 g/mol. The third-order valence-corrected chi connectivity index (χ3v) is 1.86. The molecule has 0 fully saturated rings. The van der Waals surface area contributed by atoms with E-state index < -0.39 is 23.8 Å². The maximum Gasteiger partial charge on any atom is 0.163 e. The molecule has 1 unspecified atom stereocenters. The topological polar surface area (TPSA) is 46.2 Å². The van der Waals surface area contributed by atoms with Crippen LogP contribution in [0.15, 0.2) is 18.2 Å². The fourth-order valence-corrected chi connectivity index (χ4v) is 1.04. The third-order valence-electron chi connectivity index (χ3n) is 1.86. The zero-order chi connectivity index (χ0) is 10.0. The van der Waals surface area contributed by atoms with Crippen LogP contribution in [0.2, 0.25) is 0 Å². The van der Waals surface area contributed by atoms with Crippen molar-refractivity contribution in [1.82, 2.24) is 0 Å². The van der Waals surface area contributed by atoms with Gasteiger partial charge in [-0.05, 0) is 13.0 Å². The molecule has 0 aliphatic heterocycles. The lowest BCUT2D eigenvalue weighted by Crippen LogP contribution is -2.24. The summed E-state index contributed by atoms with van der Waals surface area (Å²) in [6.45, 7) is 1.43. The summed E-state index contributed by atoms with van der Waals surface area (Å²) >= 11 is 0. The molecule has 3 N–H and O–H groups in total. The number of aliphatic hydroxyl groups is 1. The monoisotopic (exact) mass is 187 g/mol. The Morgan fingerprint density at radius 1 is 1.38 bits per heavy atom. The van der Waals surface area contributed by atoms with Crippen molar-refractivity contribution in [3.05, 3.63) is 35.4 Å². The van der Waals surface area contributed by atoms with Gasteiger partial charge in [-0.3, -0.25) is 0 Å². The molecule has 0 saturated carbocycles. The van der Waals surface area contributed by atoms with Crippen molar-refractivity contribution in [2.45, 2.75) is 19.1 Å². The second-order valence-electron chi connectivity index (χ2n) is 2.91. The third kappa shape index (κ3) is 2.02. The molecule has 1 aromatic carbocycles. The molecule has 0 saturated heterocycles. The van der Waals surface area contributed by atoms with Gasteiger partial charge in [0.15, 0.2) is 11.6 Å². The lowest BCUT2D eigenvalue weighted by molar-refractivity contribution is 0.162. The normalized spacial score (nSPS) is 15.5. The van der Waals surface area contributed by atoms with E-state index in [4.69, 9.17) is 10.8 Å². The van der Waals surface area contributed by atoms with Crippen LogP contribution in [0.4, 0.5) is 8.78 Å². The Balaban J connectivity index is 3.07. The Hall–Kier alpha value is -1.00. The van der Waals surface area contributed by atoms with Gasteiger partial charge in [-0.2, -0.15) is 0 Å². The molecule has 1 rings (SSSR count). The Morgan fingerprint density at radius 3 is 2.54 bits per heavy atom. The molecule has 0 heterocycles. The molecule has 0 radical (unpaired) electrons. The first kappa shape index (κ1) is 10.1. The largest absolute Gasteiger partial charge is 0.391 e. The molecule has 0 aromatic heterocycles. The summed E-state index contributed by atoms with van der Waals surface area (Å²) in [5.74, 6) is -1.94. The van der Waals surface area contributed by atoms with E-state index in [0.717, 1.165) is 6.07 Å². The first-order valence-electron chi connectivity index (χ1n) is 3.91. The van der Waals surface area contributed by atoms with Crippen LogP contribution in [-0.4, -0.2) is 11.2 Å². The van der Waals surface area contributed by atoms with E-state index in [1.54, 1.807) is 0 Å². The first-order chi connectivity index (χ1) is 6.04. The molecule has 0 spiro atoms. The maximum absolute atomic E-state index is 13.0. The molecule has 0 aliphatic rings. The number of rotatable bonds is 2. The highest BCUT2D eigenvalue weighted by molar-refractivity contribution is 5.22. The molecule has 0 aliphatic carbocycles. The minimum atomic E-state index is -0.990. The number of hydrogen-bond acceptors (Lipinski definition) is 2. The molecule has 72 valence electrons. The predicted octanol–water partition coefficient (Wildman–Crippen LogP) is 1.35. The van der Waals surface area contributed by atoms with Gasteiger partial charge >= 0.3 is 0 Å². The van der Waals surface area contributed by atoms with Crippen LogP contribution in [0.5, 0.6) is 0 Å². The van der Waals surface area contributed by atoms with Crippen LogP contribution in [0.1, 0.15) is 18.5 Å². The van der Waals surface area contributed by atoms with E-state index in [0.29, 0.717) is 0 Å². The van der Waals surface area contributed by atoms with Crippen molar-refractivity contribution in [3.63, 3.8) is 0 Å². The van der Waals surface area contributed by atoms with Gasteiger partial charge < -0.3 is 10.8 Å². The van der Waals surface area contributed by atoms with Crippen LogP contribution in [0, 0.1) is 11.6 Å². The molecule has 2 nitrogen and oxygen atoms in total. The summed E-state index contributed by atoms with van der Waals surface area (Å²) in [6, 6.07) is 2.83. The molecule has 13 heavy (non-hydrogen) atoms. The molecule has 0 amide bonds. The van der Waals surface area contributed by atoms with Crippen LogP contribution in [0.25, 0.3) is 0 Å². The summed E-state index contributed by atoms with van der Waals surface area (Å²) in [4.78, 5) is 0. The Kier molecular flexibility index (Phi) is 2.95. The van der Waals surface area contributed by atoms with Gasteiger partial charge in [0.05, 0.1) is 12.1 Å². The number of halogens is 2. The van der Waals surface area contributed by atoms with Crippen LogP contribution in [-0.2, 0) is 0 Å². The lowest BCUT2D eigenvalue weighted by atomic mass is 10.0. The van der Waals surface area contributed by atoms with Gasteiger partial charge in [0.1, 0.15) is 0 Å². The van der Waals surface area contributed by atoms with Crippen LogP contribution in [0.3, 0.4) is 0 Å². The summed E-state index contributed by atoms with van der Waals surface area (Å²) in [5.41, 5.74) is 5.45. The van der Waals surface area contributed by atoms with Crippen LogP contribution >= 0.6 is 0 Å². The molecular formula is C9H11F2NO. The van der Waals surface area contributed by atoms with Crippen molar-refractivity contribution in [2.24, 2.45) is 5.73 Å². The van der Waals surface area contributed by atoms with E-state index in [1.165, 1.54) is 19.1 Å². The van der Waals surface area contributed by atoms with Gasteiger partial charge in [-0.15, -0.1) is 0 Å². The standard InChI is InChI=1S/C9H11F2NO/c1-5(13)9(12)6-3-2-4-7(10)8(6)11/h2-5,9,13H,12H2,1H3/t5?,9-/m1/s1. The van der Waals surface area contributed by atoms with Crippen molar-refractivity contribution in [1.29, 1.82) is 0 Å². The fourth-order valence-electron chi connectivity index (χ4n) is 1.04. The highest BCUT2D eigenvalue weighted by Crippen LogP contribution is 2.19. The van der Waals surface area contributed by atoms with Gasteiger partial charge in [0.2, 0.25) is 0 Å². The Morgan fingerprint density at radius 2 is 2.00 bits per heavy atom. The average Bonchev–Trinajstić information content (AvgIpc) is 2.08. The molecule has 1 aromatic rings. The second-order valence-corrected chi connectivity index (χ2v) is 2.91. The lowest BCUT2D eigenvalue weighted by Gasteiger charge is -2.15. The van der Waals surface area contributed by atoms with Crippen molar-refractivity contribution < 1.29 is 13.9 Å². The molecule has 0 bridgehead atoms. The number of hydrogen-bond donors (Lipinski definition) is 2. The highest BCUT2D eigenvalue weighted by Gasteiger charge is 2.18. The summed E-state index contributed by atoms with van der Waals surface area (Å²) < 4.78 is 25.7. The zero-order valence-corrected chi connectivity index (χ0v) is 7.17. The molecule has 2 atom stereocenters. The van der Waals surface area contributed by atoms with Gasteiger partial charge in [0.25, 0.3) is 0 Å². The first-order valence-corrected chi connectivity index (χ1v) is 3.91. The van der Waals surface area contributed by atoms with Crippen LogP contribution < -0.4 is 5.73 Å². The van der Waals surface area contributed by atoms with E-state index >= 15 is 0 Å². The van der Waals surface area contributed by atoms with E-state index in [-0.39, 0.29) is 5.56 Å². The van der Waals surface area contributed by atoms with Crippen molar-refractivity contribution in [2.75, 3.05) is 0 Å². The Labute approximate surface area is 75.0 Å². The number of aliphatic hydroxyl groups excluding tert-OH is 1. The highest BCUT2D eigenvalue weighted by atomic mass is 19.2. The van der Waals surface area contributed by atoms with E-state index in [9.17, 15) is 8.78 Å². The van der Waals surface area contributed by atoms with E-state index in [2.05, 4.69) is 0 Å². The average molecular weight is 187 g/mol. The molecule has 4 heteroatoms. The summed E-state index contributed by atoms with van der Waals surface area (Å²) in [7, 11) is 0. The van der Waals surface area contributed by atoms with Gasteiger partial charge in [-0.1, -0.05) is 12.1 Å². The number of nitrogens with two attached hydrogens (primary N) is 1. The quantitative estimate of drug-likeness (QED) is 0.734. The summed E-state index contributed by atoms with van der Waals surface area (Å²) in [5, 5.41) is 9.08. The minimum absolute atomic E-state index is 0.00463. The summed E-state index contributed by atoms with van der Waals surface area (Å²) in [6.07, 6.45) is -0.906. The fraction of sp³-hybridized carbons (Fsp3) is 0.333. The second kappa shape index (κ2) is 3.81. The van der Waals surface area contributed by atoms with Crippen molar-refractivity contribution in [3.8, 4) is 0 Å². The van der Waals surface area contributed by atoms with Crippen molar-refractivity contribution >= 4 is 0 Å². The van der Waals surface area contributed by atoms with Gasteiger partial charge in [0, 0.05) is 5.56 Å². The number of benzene rings is 1. The minimum Gasteiger partial charge on any atom is -0.391 e. The Bertz CT molecular complexity index is 302. The maximum atomic E-state index is 13.0. The predicted molar refractivity (Wildman–Crippen MR) is 45.0 cm³/mol. The smallest absolute Gasteiger partial charge is 0.163 e. The SMILES string of the molecule is CC(O)[C@@H](N)c1cccc(F)c1F.